The molecule has 2 nitrogen and oxygen atoms in total. The number of hydrogen-bond acceptors (Lipinski definition) is 2. The highest BCUT2D eigenvalue weighted by Gasteiger charge is 2.40. The van der Waals surface area contributed by atoms with E-state index in [1.807, 2.05) is 12.1 Å². The van der Waals surface area contributed by atoms with E-state index < -0.39 is 8.32 Å². The maximum atomic E-state index is 14.0. The van der Waals surface area contributed by atoms with Gasteiger partial charge < -0.3 is 4.43 Å². The molecular weight excluding hydrogens is 439 g/mol. The van der Waals surface area contributed by atoms with Crippen molar-refractivity contribution in [2.75, 3.05) is 0 Å². The number of benzene rings is 1. The molecule has 188 valence electrons. The SMILES string of the molecule is CC[C@H](CC(=O)C#CC1=C(c2ccc(F)c(C)c2)CC(C)(C)CC1(C)C)O[Si](C)(C)C(C)(C)C. The van der Waals surface area contributed by atoms with Gasteiger partial charge in [-0.2, -0.15) is 0 Å². The Morgan fingerprint density at radius 1 is 1.21 bits per heavy atom. The zero-order valence-electron chi connectivity index (χ0n) is 23.3. The first-order chi connectivity index (χ1) is 15.4. The predicted molar refractivity (Wildman–Crippen MR) is 145 cm³/mol. The molecule has 1 aliphatic carbocycles. The summed E-state index contributed by atoms with van der Waals surface area (Å²) in [5.41, 5.74) is 3.70. The molecule has 0 heterocycles. The molecule has 1 aromatic carbocycles. The molecule has 4 heteroatoms. The molecule has 1 atom stereocenters. The Hall–Kier alpha value is -1.70. The highest BCUT2D eigenvalue weighted by molar-refractivity contribution is 6.74. The van der Waals surface area contributed by atoms with Crippen LogP contribution in [0.25, 0.3) is 5.57 Å². The third-order valence-electron chi connectivity index (χ3n) is 7.52. The van der Waals surface area contributed by atoms with Crippen molar-refractivity contribution in [3.63, 3.8) is 0 Å². The topological polar surface area (TPSA) is 26.3 Å². The minimum Gasteiger partial charge on any atom is -0.413 e. The fourth-order valence-electron chi connectivity index (χ4n) is 4.90. The second-order valence-electron chi connectivity index (χ2n) is 13.0. The predicted octanol–water partition coefficient (Wildman–Crippen LogP) is 8.50. The maximum absolute atomic E-state index is 14.0. The molecule has 0 amide bonds. The van der Waals surface area contributed by atoms with Gasteiger partial charge in [0.1, 0.15) is 5.82 Å². The monoisotopic (exact) mass is 484 g/mol. The standard InChI is InChI=1S/C30H45FO2Si/c1-12-24(33-34(10,11)28(3,4)5)18-23(32)14-15-26-25(19-29(6,7)20-30(26,8)9)22-13-16-27(31)21(2)17-22/h13,16-17,24H,12,18-20H2,1-11H3/t24-/m1/s1. The number of Topliss-reactive ketones (excluding diaryl/α,β-unsaturated/α-hetero) is 1. The number of hydrogen-bond donors (Lipinski definition) is 0. The Labute approximate surface area is 208 Å². The quantitative estimate of drug-likeness (QED) is 0.230. The van der Waals surface area contributed by atoms with Crippen molar-refractivity contribution < 1.29 is 13.6 Å². The number of ketones is 1. The van der Waals surface area contributed by atoms with Crippen LogP contribution in [0.5, 0.6) is 0 Å². The summed E-state index contributed by atoms with van der Waals surface area (Å²) in [5, 5.41) is 0.0983. The highest BCUT2D eigenvalue weighted by atomic mass is 28.4. The zero-order chi connectivity index (χ0) is 26.1. The van der Waals surface area contributed by atoms with Crippen LogP contribution >= 0.6 is 0 Å². The van der Waals surface area contributed by atoms with E-state index in [4.69, 9.17) is 4.43 Å². The fraction of sp³-hybridized carbons (Fsp3) is 0.633. The van der Waals surface area contributed by atoms with Crippen molar-refractivity contribution in [3.05, 3.63) is 40.7 Å². The van der Waals surface area contributed by atoms with Crippen LogP contribution in [0.4, 0.5) is 4.39 Å². The first-order valence-corrected chi connectivity index (χ1v) is 15.5. The van der Waals surface area contributed by atoms with E-state index >= 15 is 0 Å². The number of carbonyl (C=O) groups excluding carboxylic acids is 1. The van der Waals surface area contributed by atoms with Gasteiger partial charge in [-0.3, -0.25) is 4.79 Å². The number of carbonyl (C=O) groups is 1. The lowest BCUT2D eigenvalue weighted by Gasteiger charge is -2.42. The van der Waals surface area contributed by atoms with Gasteiger partial charge in [-0.25, -0.2) is 4.39 Å². The van der Waals surface area contributed by atoms with E-state index in [-0.39, 0.29) is 33.6 Å². The van der Waals surface area contributed by atoms with Crippen molar-refractivity contribution in [2.45, 2.75) is 112 Å². The molecule has 0 saturated heterocycles. The van der Waals surface area contributed by atoms with E-state index in [0.717, 1.165) is 36.0 Å². The van der Waals surface area contributed by atoms with Crippen LogP contribution in [-0.4, -0.2) is 20.2 Å². The second kappa shape index (κ2) is 10.1. The molecule has 34 heavy (non-hydrogen) atoms. The summed E-state index contributed by atoms with van der Waals surface area (Å²) >= 11 is 0. The van der Waals surface area contributed by atoms with Crippen LogP contribution in [0.15, 0.2) is 23.8 Å². The van der Waals surface area contributed by atoms with Crippen molar-refractivity contribution in [1.29, 1.82) is 0 Å². The molecule has 0 N–H and O–H groups in total. The molecule has 0 radical (unpaired) electrons. The summed E-state index contributed by atoms with van der Waals surface area (Å²) in [7, 11) is -1.96. The van der Waals surface area contributed by atoms with Gasteiger partial charge in [-0.1, -0.05) is 67.4 Å². The Kier molecular flexibility index (Phi) is 8.49. The molecule has 2 rings (SSSR count). The number of halogens is 1. The van der Waals surface area contributed by atoms with E-state index in [1.165, 1.54) is 6.07 Å². The minimum atomic E-state index is -1.96. The molecule has 0 aliphatic heterocycles. The molecule has 0 aromatic heterocycles. The first-order valence-electron chi connectivity index (χ1n) is 12.6. The van der Waals surface area contributed by atoms with E-state index in [0.29, 0.717) is 12.0 Å². The fourth-order valence-corrected chi connectivity index (χ4v) is 6.34. The summed E-state index contributed by atoms with van der Waals surface area (Å²) in [6, 6.07) is 5.29. The van der Waals surface area contributed by atoms with Gasteiger partial charge in [0.25, 0.3) is 0 Å². The van der Waals surface area contributed by atoms with Gasteiger partial charge in [0.2, 0.25) is 5.78 Å². The van der Waals surface area contributed by atoms with Gasteiger partial charge in [-0.05, 0) is 89.9 Å². The number of allylic oxidation sites excluding steroid dienone is 2. The van der Waals surface area contributed by atoms with Crippen molar-refractivity contribution >= 4 is 19.7 Å². The molecule has 0 unspecified atom stereocenters. The molecular formula is C30H45FO2Si. The average Bonchev–Trinajstić information content (AvgIpc) is 2.66. The zero-order valence-corrected chi connectivity index (χ0v) is 24.3. The third-order valence-corrected chi connectivity index (χ3v) is 12.1. The maximum Gasteiger partial charge on any atom is 0.208 e. The average molecular weight is 485 g/mol. The van der Waals surface area contributed by atoms with E-state index in [9.17, 15) is 9.18 Å². The lowest BCUT2D eigenvalue weighted by atomic mass is 9.61. The van der Waals surface area contributed by atoms with Crippen molar-refractivity contribution in [2.24, 2.45) is 10.8 Å². The van der Waals surface area contributed by atoms with Gasteiger partial charge in [0.05, 0.1) is 6.10 Å². The van der Waals surface area contributed by atoms with Crippen molar-refractivity contribution in [3.8, 4) is 11.8 Å². The van der Waals surface area contributed by atoms with Gasteiger partial charge >= 0.3 is 0 Å². The first kappa shape index (κ1) is 28.5. The number of aryl methyl sites for hydroxylation is 1. The van der Waals surface area contributed by atoms with E-state index in [1.54, 1.807) is 6.92 Å². The molecule has 1 aromatic rings. The minimum absolute atomic E-state index is 0.0756. The Bertz CT molecular complexity index is 1010. The Morgan fingerprint density at radius 2 is 1.82 bits per heavy atom. The highest BCUT2D eigenvalue weighted by Crippen LogP contribution is 2.51. The van der Waals surface area contributed by atoms with Crippen LogP contribution in [0.1, 0.15) is 92.2 Å². The lowest BCUT2D eigenvalue weighted by molar-refractivity contribution is -0.115. The summed E-state index contributed by atoms with van der Waals surface area (Å²) in [6.07, 6.45) is 2.84. The van der Waals surface area contributed by atoms with Crippen LogP contribution in [0.2, 0.25) is 18.1 Å². The largest absolute Gasteiger partial charge is 0.413 e. The Balaban J connectivity index is 2.41. The summed E-state index contributed by atoms with van der Waals surface area (Å²) in [4.78, 5) is 13.0. The van der Waals surface area contributed by atoms with Crippen LogP contribution in [0.3, 0.4) is 0 Å². The summed E-state index contributed by atoms with van der Waals surface area (Å²) in [5.74, 6) is 5.99. The third kappa shape index (κ3) is 6.92. The second-order valence-corrected chi connectivity index (χ2v) is 17.8. The normalized spacial score (nSPS) is 18.8. The van der Waals surface area contributed by atoms with Crippen LogP contribution in [-0.2, 0) is 9.22 Å². The van der Waals surface area contributed by atoms with Gasteiger partial charge in [0, 0.05) is 12.0 Å². The van der Waals surface area contributed by atoms with Crippen LogP contribution < -0.4 is 0 Å². The smallest absolute Gasteiger partial charge is 0.208 e. The van der Waals surface area contributed by atoms with Crippen LogP contribution in [0, 0.1) is 35.4 Å². The lowest BCUT2D eigenvalue weighted by Crippen LogP contribution is -2.44. The molecule has 1 aliphatic rings. The molecule has 0 spiro atoms. The van der Waals surface area contributed by atoms with Crippen molar-refractivity contribution in [1.82, 2.24) is 0 Å². The number of rotatable bonds is 6. The van der Waals surface area contributed by atoms with E-state index in [2.05, 4.69) is 80.3 Å². The molecule has 0 bridgehead atoms. The van der Waals surface area contributed by atoms with Gasteiger partial charge in [0.15, 0.2) is 8.32 Å². The summed E-state index contributed by atoms with van der Waals surface area (Å²) < 4.78 is 20.5. The van der Waals surface area contributed by atoms with Gasteiger partial charge in [-0.15, -0.1) is 0 Å². The molecule has 0 saturated carbocycles. The molecule has 0 fully saturated rings. The Morgan fingerprint density at radius 3 is 2.35 bits per heavy atom. The summed E-state index contributed by atoms with van der Waals surface area (Å²) in [6.45, 7) is 23.9.